The minimum Gasteiger partial charge on any atom is -0.352 e. The van der Waals surface area contributed by atoms with Gasteiger partial charge in [0.15, 0.2) is 0 Å². The molecule has 1 atom stereocenters. The average Bonchev–Trinajstić information content (AvgIpc) is 3.13. The van der Waals surface area contributed by atoms with Gasteiger partial charge >= 0.3 is 0 Å². The third-order valence-corrected chi connectivity index (χ3v) is 2.65. The number of nitrogens with zero attached hydrogens (tertiary/aromatic N) is 1. The van der Waals surface area contributed by atoms with E-state index in [1.54, 1.807) is 6.92 Å². The number of halogens is 1. The normalized spacial score (nSPS) is 15.9. The molecule has 1 aromatic rings. The third kappa shape index (κ3) is 3.26. The second-order valence-corrected chi connectivity index (χ2v) is 4.35. The highest BCUT2D eigenvalue weighted by molar-refractivity contribution is 5.97. The summed E-state index contributed by atoms with van der Waals surface area (Å²) < 4.78 is 12.6. The van der Waals surface area contributed by atoms with Crippen molar-refractivity contribution in [2.24, 2.45) is 0 Å². The molecule has 0 saturated heterocycles. The second kappa shape index (κ2) is 5.12. The SMILES string of the molecule is CC(NC(=O)c1ccc(F)nc1)C(=O)NC1CC1. The summed E-state index contributed by atoms with van der Waals surface area (Å²) in [5.74, 6) is -1.30. The molecule has 0 bridgehead atoms. The average molecular weight is 251 g/mol. The van der Waals surface area contributed by atoms with E-state index in [-0.39, 0.29) is 17.5 Å². The van der Waals surface area contributed by atoms with Crippen molar-refractivity contribution in [3.8, 4) is 0 Å². The number of nitrogens with one attached hydrogen (secondary N) is 2. The summed E-state index contributed by atoms with van der Waals surface area (Å²) in [6.07, 6.45) is 3.12. The molecule has 0 radical (unpaired) electrons. The fraction of sp³-hybridized carbons (Fsp3) is 0.417. The smallest absolute Gasteiger partial charge is 0.253 e. The Hall–Kier alpha value is -1.98. The van der Waals surface area contributed by atoms with Crippen LogP contribution in [0.3, 0.4) is 0 Å². The molecular formula is C12H14FN3O2. The van der Waals surface area contributed by atoms with E-state index >= 15 is 0 Å². The topological polar surface area (TPSA) is 71.1 Å². The van der Waals surface area contributed by atoms with Gasteiger partial charge in [0.2, 0.25) is 11.9 Å². The summed E-state index contributed by atoms with van der Waals surface area (Å²) in [5.41, 5.74) is 0.225. The lowest BCUT2D eigenvalue weighted by Gasteiger charge is -2.13. The molecule has 0 aromatic carbocycles. The minimum absolute atomic E-state index is 0.207. The van der Waals surface area contributed by atoms with E-state index in [0.717, 1.165) is 25.1 Å². The maximum absolute atomic E-state index is 12.6. The van der Waals surface area contributed by atoms with Crippen LogP contribution in [-0.2, 0) is 4.79 Å². The van der Waals surface area contributed by atoms with Crippen molar-refractivity contribution in [3.63, 3.8) is 0 Å². The molecule has 96 valence electrons. The van der Waals surface area contributed by atoms with Crippen LogP contribution < -0.4 is 10.6 Å². The van der Waals surface area contributed by atoms with E-state index in [9.17, 15) is 14.0 Å². The Morgan fingerprint density at radius 3 is 2.72 bits per heavy atom. The molecule has 1 aromatic heterocycles. The molecule has 2 amide bonds. The zero-order chi connectivity index (χ0) is 13.1. The van der Waals surface area contributed by atoms with Crippen molar-refractivity contribution in [2.75, 3.05) is 0 Å². The quantitative estimate of drug-likeness (QED) is 0.770. The van der Waals surface area contributed by atoms with Crippen molar-refractivity contribution < 1.29 is 14.0 Å². The molecule has 5 nitrogen and oxygen atoms in total. The van der Waals surface area contributed by atoms with Crippen molar-refractivity contribution >= 4 is 11.8 Å². The molecule has 1 heterocycles. The van der Waals surface area contributed by atoms with E-state index in [1.165, 1.54) is 6.07 Å². The molecule has 0 spiro atoms. The maximum atomic E-state index is 12.6. The van der Waals surface area contributed by atoms with Gasteiger partial charge < -0.3 is 10.6 Å². The number of hydrogen-bond acceptors (Lipinski definition) is 3. The van der Waals surface area contributed by atoms with Crippen LogP contribution in [0.25, 0.3) is 0 Å². The molecule has 1 unspecified atom stereocenters. The van der Waals surface area contributed by atoms with E-state index in [2.05, 4.69) is 15.6 Å². The first-order chi connectivity index (χ1) is 8.56. The largest absolute Gasteiger partial charge is 0.352 e. The summed E-state index contributed by atoms with van der Waals surface area (Å²) in [5, 5.41) is 5.33. The molecule has 1 aliphatic rings. The van der Waals surface area contributed by atoms with Crippen LogP contribution in [0.2, 0.25) is 0 Å². The number of hydrogen-bond donors (Lipinski definition) is 2. The van der Waals surface area contributed by atoms with Gasteiger partial charge in [0.05, 0.1) is 5.56 Å². The van der Waals surface area contributed by atoms with Crippen LogP contribution in [0.15, 0.2) is 18.3 Å². The lowest BCUT2D eigenvalue weighted by Crippen LogP contribution is -2.45. The van der Waals surface area contributed by atoms with Gasteiger partial charge in [-0.05, 0) is 31.9 Å². The molecule has 6 heteroatoms. The summed E-state index contributed by atoms with van der Waals surface area (Å²) in [7, 11) is 0. The molecule has 0 aliphatic heterocycles. The van der Waals surface area contributed by atoms with E-state index in [4.69, 9.17) is 0 Å². The number of amides is 2. The first kappa shape index (κ1) is 12.5. The standard InChI is InChI=1S/C12H14FN3O2/c1-7(11(17)16-9-3-4-9)15-12(18)8-2-5-10(13)14-6-8/h2,5-7,9H,3-4H2,1H3,(H,15,18)(H,16,17). The molecule has 2 N–H and O–H groups in total. The van der Waals surface area contributed by atoms with Gasteiger partial charge in [0.25, 0.3) is 5.91 Å². The number of rotatable bonds is 4. The Kier molecular flexibility index (Phi) is 3.55. The lowest BCUT2D eigenvalue weighted by atomic mass is 10.2. The zero-order valence-electron chi connectivity index (χ0n) is 9.94. The van der Waals surface area contributed by atoms with Crippen LogP contribution in [0.4, 0.5) is 4.39 Å². The highest BCUT2D eigenvalue weighted by Gasteiger charge is 2.26. The van der Waals surface area contributed by atoms with Crippen molar-refractivity contribution in [2.45, 2.75) is 31.8 Å². The molecule has 18 heavy (non-hydrogen) atoms. The fourth-order valence-electron chi connectivity index (χ4n) is 1.41. The number of aromatic nitrogens is 1. The van der Waals surface area contributed by atoms with E-state index in [0.29, 0.717) is 0 Å². The maximum Gasteiger partial charge on any atom is 0.253 e. The Morgan fingerprint density at radius 2 is 2.17 bits per heavy atom. The number of carbonyl (C=O) groups excluding carboxylic acids is 2. The van der Waals surface area contributed by atoms with Gasteiger partial charge in [-0.2, -0.15) is 4.39 Å². The third-order valence-electron chi connectivity index (χ3n) is 2.65. The van der Waals surface area contributed by atoms with E-state index in [1.807, 2.05) is 0 Å². The number of carbonyl (C=O) groups is 2. The number of pyridine rings is 1. The van der Waals surface area contributed by atoms with Crippen molar-refractivity contribution in [3.05, 3.63) is 29.8 Å². The predicted octanol–water partition coefficient (Wildman–Crippen LogP) is 0.618. The van der Waals surface area contributed by atoms with Crippen LogP contribution >= 0.6 is 0 Å². The molecule has 1 fully saturated rings. The Labute approximate surface area is 104 Å². The lowest BCUT2D eigenvalue weighted by molar-refractivity contribution is -0.122. The summed E-state index contributed by atoms with van der Waals surface area (Å²) in [6.45, 7) is 1.60. The zero-order valence-corrected chi connectivity index (χ0v) is 9.94. The van der Waals surface area contributed by atoms with E-state index < -0.39 is 17.9 Å². The molecular weight excluding hydrogens is 237 g/mol. The van der Waals surface area contributed by atoms with Gasteiger partial charge in [-0.25, -0.2) is 4.98 Å². The highest BCUT2D eigenvalue weighted by atomic mass is 19.1. The van der Waals surface area contributed by atoms with Crippen LogP contribution in [0, 0.1) is 5.95 Å². The predicted molar refractivity (Wildman–Crippen MR) is 62.3 cm³/mol. The molecule has 1 saturated carbocycles. The van der Waals surface area contributed by atoms with Gasteiger partial charge in [0, 0.05) is 12.2 Å². The van der Waals surface area contributed by atoms with Gasteiger partial charge in [-0.3, -0.25) is 9.59 Å². The molecule has 2 rings (SSSR count). The molecule has 1 aliphatic carbocycles. The first-order valence-corrected chi connectivity index (χ1v) is 5.79. The second-order valence-electron chi connectivity index (χ2n) is 4.35. The Bertz CT molecular complexity index is 457. The van der Waals surface area contributed by atoms with Crippen molar-refractivity contribution in [1.82, 2.24) is 15.6 Å². The van der Waals surface area contributed by atoms with Gasteiger partial charge in [0.1, 0.15) is 6.04 Å². The Balaban J connectivity index is 1.89. The van der Waals surface area contributed by atoms with Gasteiger partial charge in [-0.15, -0.1) is 0 Å². The Morgan fingerprint density at radius 1 is 1.44 bits per heavy atom. The summed E-state index contributed by atoms with van der Waals surface area (Å²) in [4.78, 5) is 26.7. The van der Waals surface area contributed by atoms with Crippen LogP contribution in [0.1, 0.15) is 30.1 Å². The van der Waals surface area contributed by atoms with Crippen molar-refractivity contribution in [1.29, 1.82) is 0 Å². The summed E-state index contributed by atoms with van der Waals surface area (Å²) in [6, 6.07) is 2.06. The fourth-order valence-corrected chi connectivity index (χ4v) is 1.41. The van der Waals surface area contributed by atoms with Crippen LogP contribution in [-0.4, -0.2) is 28.9 Å². The van der Waals surface area contributed by atoms with Gasteiger partial charge in [-0.1, -0.05) is 0 Å². The minimum atomic E-state index is -0.647. The monoisotopic (exact) mass is 251 g/mol. The first-order valence-electron chi connectivity index (χ1n) is 5.79. The highest BCUT2D eigenvalue weighted by Crippen LogP contribution is 2.18. The summed E-state index contributed by atoms with van der Waals surface area (Å²) >= 11 is 0. The van der Waals surface area contributed by atoms with Crippen LogP contribution in [0.5, 0.6) is 0 Å².